The van der Waals surface area contributed by atoms with Crippen LogP contribution in [0.4, 0.5) is 0 Å². The molecule has 3 nitrogen and oxygen atoms in total. The molecular weight excluding hydrogens is 204 g/mol. The zero-order valence-corrected chi connectivity index (χ0v) is 8.98. The third-order valence-electron chi connectivity index (χ3n) is 3.77. The molecule has 1 heterocycles. The van der Waals surface area contributed by atoms with E-state index in [1.165, 1.54) is 0 Å². The van der Waals surface area contributed by atoms with Crippen molar-refractivity contribution >= 4 is 5.97 Å². The van der Waals surface area contributed by atoms with Crippen LogP contribution in [-0.2, 0) is 4.79 Å². The predicted molar refractivity (Wildman–Crippen MR) is 58.6 cm³/mol. The SMILES string of the molecule is O=C(O)C1c2ccccc2OC12CCCC2. The number of para-hydroxylation sites is 1. The standard InChI is InChI=1S/C13H14O3/c14-12(15)11-9-5-1-2-6-10(9)16-13(11)7-3-4-8-13/h1-2,5-6,11H,3-4,7-8H2,(H,14,15). The monoisotopic (exact) mass is 218 g/mol. The molecule has 0 radical (unpaired) electrons. The zero-order chi connectivity index (χ0) is 11.2. The van der Waals surface area contributed by atoms with E-state index in [2.05, 4.69) is 0 Å². The van der Waals surface area contributed by atoms with Gasteiger partial charge in [-0.15, -0.1) is 0 Å². The molecule has 0 amide bonds. The van der Waals surface area contributed by atoms with E-state index in [1.54, 1.807) is 0 Å². The van der Waals surface area contributed by atoms with Crippen molar-refractivity contribution in [2.24, 2.45) is 0 Å². The summed E-state index contributed by atoms with van der Waals surface area (Å²) >= 11 is 0. The molecule has 84 valence electrons. The number of carboxylic acid groups (broad SMARTS) is 1. The van der Waals surface area contributed by atoms with Gasteiger partial charge in [0.05, 0.1) is 0 Å². The summed E-state index contributed by atoms with van der Waals surface area (Å²) in [6.07, 6.45) is 3.85. The Morgan fingerprint density at radius 1 is 1.31 bits per heavy atom. The van der Waals surface area contributed by atoms with Crippen LogP contribution >= 0.6 is 0 Å². The fraction of sp³-hybridized carbons (Fsp3) is 0.462. The number of hydrogen-bond donors (Lipinski definition) is 1. The highest BCUT2D eigenvalue weighted by Gasteiger charge is 2.53. The molecule has 0 aromatic heterocycles. The van der Waals surface area contributed by atoms with Crippen molar-refractivity contribution < 1.29 is 14.6 Å². The fourth-order valence-corrected chi connectivity index (χ4v) is 3.10. The van der Waals surface area contributed by atoms with E-state index in [1.807, 2.05) is 24.3 Å². The summed E-state index contributed by atoms with van der Waals surface area (Å²) < 4.78 is 5.95. The van der Waals surface area contributed by atoms with Gasteiger partial charge in [-0.25, -0.2) is 0 Å². The molecule has 1 fully saturated rings. The number of benzene rings is 1. The molecule has 1 aliphatic heterocycles. The lowest BCUT2D eigenvalue weighted by molar-refractivity contribution is -0.143. The molecule has 0 saturated heterocycles. The van der Waals surface area contributed by atoms with Gasteiger partial charge in [0.1, 0.15) is 17.3 Å². The lowest BCUT2D eigenvalue weighted by Crippen LogP contribution is -2.38. The van der Waals surface area contributed by atoms with Crippen LogP contribution in [0.1, 0.15) is 37.2 Å². The maximum Gasteiger partial charge on any atom is 0.315 e. The van der Waals surface area contributed by atoms with Crippen molar-refractivity contribution in [3.63, 3.8) is 0 Å². The molecule has 1 atom stereocenters. The summed E-state index contributed by atoms with van der Waals surface area (Å²) in [5.74, 6) is -0.477. The number of carboxylic acids is 1. The summed E-state index contributed by atoms with van der Waals surface area (Å²) in [5.41, 5.74) is 0.382. The van der Waals surface area contributed by atoms with Gasteiger partial charge in [-0.3, -0.25) is 4.79 Å². The van der Waals surface area contributed by atoms with Gasteiger partial charge in [-0.1, -0.05) is 18.2 Å². The Morgan fingerprint density at radius 3 is 2.69 bits per heavy atom. The molecule has 3 rings (SSSR count). The van der Waals surface area contributed by atoms with Crippen LogP contribution in [-0.4, -0.2) is 16.7 Å². The summed E-state index contributed by atoms with van der Waals surface area (Å²) in [5, 5.41) is 9.41. The second-order valence-electron chi connectivity index (χ2n) is 4.68. The predicted octanol–water partition coefficient (Wildman–Crippen LogP) is 2.56. The first kappa shape index (κ1) is 9.70. The molecule has 0 bridgehead atoms. The van der Waals surface area contributed by atoms with E-state index in [0.717, 1.165) is 37.0 Å². The number of carbonyl (C=O) groups is 1. The van der Waals surface area contributed by atoms with E-state index < -0.39 is 17.5 Å². The number of ether oxygens (including phenoxy) is 1. The van der Waals surface area contributed by atoms with Gasteiger partial charge in [0.15, 0.2) is 0 Å². The number of rotatable bonds is 1. The maximum atomic E-state index is 11.4. The second-order valence-corrected chi connectivity index (χ2v) is 4.68. The van der Waals surface area contributed by atoms with Gasteiger partial charge in [0, 0.05) is 5.56 Å². The normalized spacial score (nSPS) is 25.4. The molecule has 1 spiro atoms. The van der Waals surface area contributed by atoms with E-state index >= 15 is 0 Å². The Morgan fingerprint density at radius 2 is 2.00 bits per heavy atom. The Bertz CT molecular complexity index is 433. The van der Waals surface area contributed by atoms with Gasteiger partial charge in [0.25, 0.3) is 0 Å². The Kier molecular flexibility index (Phi) is 1.96. The van der Waals surface area contributed by atoms with Crippen LogP contribution in [0.25, 0.3) is 0 Å². The Hall–Kier alpha value is -1.51. The molecule has 1 aliphatic carbocycles. The highest BCUT2D eigenvalue weighted by atomic mass is 16.5. The third kappa shape index (κ3) is 1.17. The maximum absolute atomic E-state index is 11.4. The number of fused-ring (bicyclic) bond motifs is 1. The van der Waals surface area contributed by atoms with Crippen molar-refractivity contribution in [2.45, 2.75) is 37.2 Å². The molecule has 1 aromatic rings. The molecule has 1 saturated carbocycles. The molecule has 3 heteroatoms. The fourth-order valence-electron chi connectivity index (χ4n) is 3.10. The minimum Gasteiger partial charge on any atom is -0.486 e. The van der Waals surface area contributed by atoms with Crippen LogP contribution in [0.2, 0.25) is 0 Å². The van der Waals surface area contributed by atoms with Gasteiger partial charge in [-0.05, 0) is 31.7 Å². The second kappa shape index (κ2) is 3.24. The summed E-state index contributed by atoms with van der Waals surface area (Å²) in [6, 6.07) is 7.53. The largest absolute Gasteiger partial charge is 0.486 e. The van der Waals surface area contributed by atoms with Crippen molar-refractivity contribution in [3.8, 4) is 5.75 Å². The third-order valence-corrected chi connectivity index (χ3v) is 3.77. The average molecular weight is 218 g/mol. The topological polar surface area (TPSA) is 46.5 Å². The molecular formula is C13H14O3. The lowest BCUT2D eigenvalue weighted by atomic mass is 9.83. The Balaban J connectivity index is 2.10. The van der Waals surface area contributed by atoms with Crippen LogP contribution in [0.3, 0.4) is 0 Å². The van der Waals surface area contributed by atoms with Crippen LogP contribution < -0.4 is 4.74 Å². The quantitative estimate of drug-likeness (QED) is 0.788. The average Bonchev–Trinajstić information content (AvgIpc) is 2.82. The van der Waals surface area contributed by atoms with Crippen molar-refractivity contribution in [3.05, 3.63) is 29.8 Å². The summed E-state index contributed by atoms with van der Waals surface area (Å²) in [6.45, 7) is 0. The smallest absolute Gasteiger partial charge is 0.315 e. The van der Waals surface area contributed by atoms with Gasteiger partial charge >= 0.3 is 5.97 Å². The Labute approximate surface area is 94.0 Å². The van der Waals surface area contributed by atoms with E-state index in [0.29, 0.717) is 0 Å². The summed E-state index contributed by atoms with van der Waals surface area (Å²) in [7, 11) is 0. The molecule has 1 unspecified atom stereocenters. The first-order valence-electron chi connectivity index (χ1n) is 5.74. The highest BCUT2D eigenvalue weighted by molar-refractivity contribution is 5.80. The molecule has 1 aromatic carbocycles. The minimum absolute atomic E-state index is 0.463. The molecule has 1 N–H and O–H groups in total. The zero-order valence-electron chi connectivity index (χ0n) is 8.98. The van der Waals surface area contributed by atoms with Gasteiger partial charge < -0.3 is 9.84 Å². The van der Waals surface area contributed by atoms with Crippen molar-refractivity contribution in [2.75, 3.05) is 0 Å². The summed E-state index contributed by atoms with van der Waals surface area (Å²) in [4.78, 5) is 11.4. The van der Waals surface area contributed by atoms with Crippen LogP contribution in [0.15, 0.2) is 24.3 Å². The first-order chi connectivity index (χ1) is 7.73. The molecule has 2 aliphatic rings. The van der Waals surface area contributed by atoms with Crippen molar-refractivity contribution in [1.82, 2.24) is 0 Å². The lowest BCUT2D eigenvalue weighted by Gasteiger charge is -2.27. The van der Waals surface area contributed by atoms with Gasteiger partial charge in [0.2, 0.25) is 0 Å². The van der Waals surface area contributed by atoms with E-state index in [9.17, 15) is 9.90 Å². The first-order valence-corrected chi connectivity index (χ1v) is 5.74. The van der Waals surface area contributed by atoms with Crippen LogP contribution in [0.5, 0.6) is 5.75 Å². The highest BCUT2D eigenvalue weighted by Crippen LogP contribution is 2.52. The van der Waals surface area contributed by atoms with Crippen LogP contribution in [0, 0.1) is 0 Å². The molecule has 16 heavy (non-hydrogen) atoms. The number of hydrogen-bond acceptors (Lipinski definition) is 2. The van der Waals surface area contributed by atoms with E-state index in [4.69, 9.17) is 4.74 Å². The minimum atomic E-state index is -0.758. The van der Waals surface area contributed by atoms with Gasteiger partial charge in [-0.2, -0.15) is 0 Å². The number of aliphatic carboxylic acids is 1. The van der Waals surface area contributed by atoms with E-state index in [-0.39, 0.29) is 0 Å². The van der Waals surface area contributed by atoms with Crippen molar-refractivity contribution in [1.29, 1.82) is 0 Å².